The molecule has 2 aliphatic heterocycles. The van der Waals surface area contributed by atoms with Crippen molar-refractivity contribution in [3.8, 4) is 0 Å². The number of nitrogens with zero attached hydrogens (tertiary/aromatic N) is 2. The molecule has 0 amide bonds. The fourth-order valence-electron chi connectivity index (χ4n) is 5.33. The van der Waals surface area contributed by atoms with Gasteiger partial charge in [-0.15, -0.1) is 0 Å². The van der Waals surface area contributed by atoms with E-state index in [0.717, 1.165) is 61.3 Å². The van der Waals surface area contributed by atoms with Crippen molar-refractivity contribution in [1.82, 2.24) is 9.88 Å². The standard InChI is InChI=1S/C30H45N3O4/c1-6-11-27(22(5)37-21(3)4)26(7-2)28(30(34)35)33-18-16-25(20-33)36-19-9-8-13-24-15-14-23-12-10-17-31-29(23)32-24/h6-7,11,14-15,21-22,25,28H,1,8-10,12-13,16-20H2,2-5H3,(H,31,32)(H,34,35)/b26-7+,27-11-/t22-,25-,28+/m1/s1. The number of anilines is 1. The molecule has 0 aliphatic carbocycles. The minimum absolute atomic E-state index is 0.0360. The largest absolute Gasteiger partial charge is 0.480 e. The molecule has 0 unspecified atom stereocenters. The first-order chi connectivity index (χ1) is 17.8. The number of hydrogen-bond donors (Lipinski definition) is 2. The minimum Gasteiger partial charge on any atom is -0.480 e. The molecule has 1 aromatic heterocycles. The van der Waals surface area contributed by atoms with Crippen LogP contribution in [0.2, 0.25) is 0 Å². The van der Waals surface area contributed by atoms with Crippen molar-refractivity contribution in [3.05, 3.63) is 59.3 Å². The first-order valence-electron chi connectivity index (χ1n) is 13.8. The third-order valence-corrected chi connectivity index (χ3v) is 7.06. The van der Waals surface area contributed by atoms with Crippen LogP contribution in [0.4, 0.5) is 5.82 Å². The number of nitrogens with one attached hydrogen (secondary N) is 1. The van der Waals surface area contributed by atoms with Gasteiger partial charge in [-0.25, -0.2) is 4.98 Å². The van der Waals surface area contributed by atoms with Gasteiger partial charge in [0.2, 0.25) is 0 Å². The van der Waals surface area contributed by atoms with Crippen LogP contribution in [0.25, 0.3) is 0 Å². The number of likely N-dealkylation sites (tertiary alicyclic amines) is 1. The average Bonchev–Trinajstić information content (AvgIpc) is 3.33. The van der Waals surface area contributed by atoms with Crippen LogP contribution in [-0.4, -0.2) is 71.6 Å². The third-order valence-electron chi connectivity index (χ3n) is 7.06. The predicted molar refractivity (Wildman–Crippen MR) is 149 cm³/mol. The van der Waals surface area contributed by atoms with Gasteiger partial charge in [0.15, 0.2) is 0 Å². The highest BCUT2D eigenvalue weighted by atomic mass is 16.5. The van der Waals surface area contributed by atoms with Crippen molar-refractivity contribution in [3.63, 3.8) is 0 Å². The van der Waals surface area contributed by atoms with Gasteiger partial charge in [-0.3, -0.25) is 9.69 Å². The Labute approximate surface area is 222 Å². The zero-order valence-electron chi connectivity index (χ0n) is 23.0. The van der Waals surface area contributed by atoms with Gasteiger partial charge in [-0.05, 0) is 89.0 Å². The maximum absolute atomic E-state index is 12.4. The highest BCUT2D eigenvalue weighted by molar-refractivity contribution is 5.79. The first kappa shape index (κ1) is 29.1. The number of rotatable bonds is 14. The number of carboxylic acids is 1. The third kappa shape index (κ3) is 8.25. The second kappa shape index (κ2) is 14.5. The normalized spacial score (nSPS) is 20.4. The Morgan fingerprint density at radius 3 is 2.81 bits per heavy atom. The zero-order chi connectivity index (χ0) is 26.8. The van der Waals surface area contributed by atoms with Crippen LogP contribution in [0.5, 0.6) is 0 Å². The number of hydrogen-bond acceptors (Lipinski definition) is 6. The van der Waals surface area contributed by atoms with Gasteiger partial charge in [0.05, 0.1) is 18.3 Å². The number of aliphatic carboxylic acids is 1. The van der Waals surface area contributed by atoms with Gasteiger partial charge < -0.3 is 19.9 Å². The average molecular weight is 512 g/mol. The summed E-state index contributed by atoms with van der Waals surface area (Å²) in [7, 11) is 0. The van der Waals surface area contributed by atoms with Gasteiger partial charge in [0.1, 0.15) is 11.9 Å². The number of allylic oxidation sites excluding steroid dienone is 3. The summed E-state index contributed by atoms with van der Waals surface area (Å²) in [4.78, 5) is 19.2. The van der Waals surface area contributed by atoms with E-state index in [9.17, 15) is 9.90 Å². The van der Waals surface area contributed by atoms with Gasteiger partial charge in [-0.1, -0.05) is 30.9 Å². The molecule has 3 atom stereocenters. The summed E-state index contributed by atoms with van der Waals surface area (Å²) in [5.41, 5.74) is 4.06. The molecule has 2 aliphatic rings. The molecule has 7 heteroatoms. The molecule has 3 rings (SSSR count). The number of ether oxygens (including phenoxy) is 2. The molecule has 37 heavy (non-hydrogen) atoms. The van der Waals surface area contributed by atoms with Gasteiger partial charge in [0.25, 0.3) is 0 Å². The maximum Gasteiger partial charge on any atom is 0.325 e. The summed E-state index contributed by atoms with van der Waals surface area (Å²) in [6.07, 6.45) is 11.3. The van der Waals surface area contributed by atoms with Gasteiger partial charge in [-0.2, -0.15) is 0 Å². The molecule has 0 bridgehead atoms. The molecule has 1 fully saturated rings. The van der Waals surface area contributed by atoms with E-state index in [-0.39, 0.29) is 18.3 Å². The molecule has 0 radical (unpaired) electrons. The Bertz CT molecular complexity index is 972. The summed E-state index contributed by atoms with van der Waals surface area (Å²) < 4.78 is 12.2. The lowest BCUT2D eigenvalue weighted by atomic mass is 9.93. The van der Waals surface area contributed by atoms with Crippen LogP contribution in [0, 0.1) is 0 Å². The Kier molecular flexibility index (Phi) is 11.4. The molecule has 1 saturated heterocycles. The fraction of sp³-hybridized carbons (Fsp3) is 0.600. The van der Waals surface area contributed by atoms with Gasteiger partial charge >= 0.3 is 5.97 Å². The Morgan fingerprint density at radius 1 is 1.30 bits per heavy atom. The summed E-state index contributed by atoms with van der Waals surface area (Å²) >= 11 is 0. The summed E-state index contributed by atoms with van der Waals surface area (Å²) in [5, 5.41) is 13.6. The number of unbranched alkanes of at least 4 members (excludes halogenated alkanes) is 1. The number of aryl methyl sites for hydroxylation is 2. The van der Waals surface area contributed by atoms with Crippen LogP contribution < -0.4 is 5.32 Å². The number of carboxylic acid groups (broad SMARTS) is 1. The lowest BCUT2D eigenvalue weighted by Gasteiger charge is -2.30. The topological polar surface area (TPSA) is 83.9 Å². The summed E-state index contributed by atoms with van der Waals surface area (Å²) in [5.74, 6) is 0.197. The lowest BCUT2D eigenvalue weighted by molar-refractivity contribution is -0.141. The van der Waals surface area contributed by atoms with Crippen molar-refractivity contribution >= 4 is 11.8 Å². The van der Waals surface area contributed by atoms with Crippen LogP contribution in [0.15, 0.2) is 48.1 Å². The fourth-order valence-corrected chi connectivity index (χ4v) is 5.33. The quantitative estimate of drug-likeness (QED) is 0.263. The van der Waals surface area contributed by atoms with Gasteiger partial charge in [0, 0.05) is 31.9 Å². The molecule has 0 aromatic carbocycles. The van der Waals surface area contributed by atoms with Crippen molar-refractivity contribution < 1.29 is 19.4 Å². The Morgan fingerprint density at radius 2 is 2.11 bits per heavy atom. The van der Waals surface area contributed by atoms with E-state index in [1.165, 1.54) is 12.0 Å². The number of carbonyl (C=O) groups is 1. The first-order valence-corrected chi connectivity index (χ1v) is 13.8. The highest BCUT2D eigenvalue weighted by Crippen LogP contribution is 2.28. The molecular weight excluding hydrogens is 466 g/mol. The van der Waals surface area contributed by atoms with Crippen molar-refractivity contribution in [2.75, 3.05) is 31.6 Å². The number of pyridine rings is 1. The molecule has 1 aromatic rings. The van der Waals surface area contributed by atoms with Crippen molar-refractivity contribution in [1.29, 1.82) is 0 Å². The van der Waals surface area contributed by atoms with E-state index in [1.54, 1.807) is 6.08 Å². The Hall–Kier alpha value is -2.48. The second-order valence-electron chi connectivity index (χ2n) is 10.2. The predicted octanol–water partition coefficient (Wildman–Crippen LogP) is 5.18. The number of fused-ring (bicyclic) bond motifs is 1. The Balaban J connectivity index is 1.50. The lowest BCUT2D eigenvalue weighted by Crippen LogP contribution is -2.43. The van der Waals surface area contributed by atoms with E-state index in [0.29, 0.717) is 19.7 Å². The SMILES string of the molecule is C=C/C=C(\C(=C/C)[C@@H](C(=O)O)N1CC[C@@H](OCCCCc2ccc3c(n2)NCCC3)C1)[C@@H](C)OC(C)C. The smallest absolute Gasteiger partial charge is 0.325 e. The molecule has 7 nitrogen and oxygen atoms in total. The van der Waals surface area contributed by atoms with E-state index < -0.39 is 12.0 Å². The minimum atomic E-state index is -0.854. The van der Waals surface area contributed by atoms with Crippen LogP contribution in [0.1, 0.15) is 64.6 Å². The maximum atomic E-state index is 12.4. The molecule has 0 saturated carbocycles. The van der Waals surface area contributed by atoms with E-state index in [4.69, 9.17) is 14.5 Å². The highest BCUT2D eigenvalue weighted by Gasteiger charge is 2.37. The van der Waals surface area contributed by atoms with Crippen molar-refractivity contribution in [2.45, 2.75) is 90.6 Å². The summed E-state index contributed by atoms with van der Waals surface area (Å²) in [6.45, 7) is 14.6. The molecule has 3 heterocycles. The van der Waals surface area contributed by atoms with E-state index in [1.807, 2.05) is 44.7 Å². The van der Waals surface area contributed by atoms with Crippen LogP contribution >= 0.6 is 0 Å². The number of aromatic nitrogens is 1. The monoisotopic (exact) mass is 511 g/mol. The van der Waals surface area contributed by atoms with Crippen molar-refractivity contribution in [2.24, 2.45) is 0 Å². The molecular formula is C30H45N3O4. The summed E-state index contributed by atoms with van der Waals surface area (Å²) in [6, 6.07) is 3.61. The second-order valence-corrected chi connectivity index (χ2v) is 10.2. The van der Waals surface area contributed by atoms with Crippen LogP contribution in [-0.2, 0) is 27.1 Å². The van der Waals surface area contributed by atoms with Crippen LogP contribution in [0.3, 0.4) is 0 Å². The zero-order valence-corrected chi connectivity index (χ0v) is 23.0. The van der Waals surface area contributed by atoms with E-state index in [2.05, 4.69) is 24.0 Å². The molecule has 0 spiro atoms. The van der Waals surface area contributed by atoms with E-state index >= 15 is 0 Å². The molecule has 204 valence electrons. The molecule has 2 N–H and O–H groups in total.